The fraction of sp³-hybridized carbons (Fsp3) is 0.250. The van der Waals surface area contributed by atoms with Gasteiger partial charge < -0.3 is 19.7 Å². The molecule has 2 aromatic rings. The lowest BCUT2D eigenvalue weighted by Crippen LogP contribution is -2.53. The number of rotatable bonds is 2. The zero-order valence-corrected chi connectivity index (χ0v) is 13.5. The lowest BCUT2D eigenvalue weighted by Gasteiger charge is -2.32. The number of carbonyl (C=O) groups excluding carboxylic acids is 2. The van der Waals surface area contributed by atoms with Gasteiger partial charge in [0.05, 0.1) is 12.4 Å². The number of ether oxygens (including phenoxy) is 2. The summed E-state index contributed by atoms with van der Waals surface area (Å²) in [6, 6.07) is 4.64. The van der Waals surface area contributed by atoms with Crippen LogP contribution in [0.15, 0.2) is 30.6 Å². The average molecular weight is 359 g/mol. The number of carbonyl (C=O) groups is 2. The summed E-state index contributed by atoms with van der Waals surface area (Å²) in [6.07, 6.45) is 1.99. The predicted molar refractivity (Wildman–Crippen MR) is 87.5 cm³/mol. The van der Waals surface area contributed by atoms with E-state index in [1.165, 1.54) is 9.80 Å². The minimum atomic E-state index is -0.581. The molecule has 2 aliphatic heterocycles. The Labute approximate surface area is 147 Å². The fourth-order valence-electron chi connectivity index (χ4n) is 2.68. The predicted octanol–water partition coefficient (Wildman–Crippen LogP) is 1.23. The van der Waals surface area contributed by atoms with Crippen LogP contribution < -0.4 is 19.7 Å². The molecule has 26 heavy (non-hydrogen) atoms. The molecular weight excluding hydrogens is 345 g/mol. The Morgan fingerprint density at radius 1 is 1.15 bits per heavy atom. The van der Waals surface area contributed by atoms with Crippen molar-refractivity contribution < 1.29 is 23.5 Å². The Morgan fingerprint density at radius 2 is 1.92 bits per heavy atom. The maximum atomic E-state index is 12.9. The highest BCUT2D eigenvalue weighted by Gasteiger charge is 2.29. The van der Waals surface area contributed by atoms with E-state index >= 15 is 0 Å². The van der Waals surface area contributed by atoms with Crippen molar-refractivity contribution in [3.8, 4) is 11.5 Å². The molecule has 3 amide bonds. The second-order valence-electron chi connectivity index (χ2n) is 5.67. The molecule has 3 heterocycles. The van der Waals surface area contributed by atoms with Crippen molar-refractivity contribution in [2.24, 2.45) is 0 Å². The number of fused-ring (bicyclic) bond motifs is 1. The zero-order chi connectivity index (χ0) is 18.1. The molecule has 0 aliphatic carbocycles. The Bertz CT molecular complexity index is 860. The molecule has 0 atom stereocenters. The molecule has 0 unspecified atom stereocenters. The van der Waals surface area contributed by atoms with Gasteiger partial charge in [0.1, 0.15) is 6.54 Å². The normalized spacial score (nSPS) is 16.0. The highest BCUT2D eigenvalue weighted by atomic mass is 19.1. The number of nitrogens with zero attached hydrogens (tertiary/aromatic N) is 4. The molecule has 1 N–H and O–H groups in total. The van der Waals surface area contributed by atoms with Crippen molar-refractivity contribution in [2.75, 3.05) is 36.6 Å². The molecule has 1 fully saturated rings. The van der Waals surface area contributed by atoms with Gasteiger partial charge in [-0.3, -0.25) is 9.69 Å². The first-order valence-electron chi connectivity index (χ1n) is 7.83. The van der Waals surface area contributed by atoms with Gasteiger partial charge in [0, 0.05) is 24.8 Å². The lowest BCUT2D eigenvalue weighted by atomic mass is 10.2. The summed E-state index contributed by atoms with van der Waals surface area (Å²) in [5, 5.41) is 2.72. The van der Waals surface area contributed by atoms with Crippen LogP contribution in [0, 0.1) is 5.82 Å². The fourth-order valence-corrected chi connectivity index (χ4v) is 2.68. The van der Waals surface area contributed by atoms with Crippen LogP contribution >= 0.6 is 0 Å². The highest BCUT2D eigenvalue weighted by molar-refractivity contribution is 5.98. The van der Waals surface area contributed by atoms with E-state index < -0.39 is 11.8 Å². The minimum absolute atomic E-state index is 0.118. The summed E-state index contributed by atoms with van der Waals surface area (Å²) in [5.41, 5.74) is 0.538. The third-order valence-corrected chi connectivity index (χ3v) is 3.98. The number of amides is 3. The van der Waals surface area contributed by atoms with E-state index in [0.29, 0.717) is 23.7 Å². The van der Waals surface area contributed by atoms with Crippen LogP contribution in [0.4, 0.5) is 20.8 Å². The lowest BCUT2D eigenvalue weighted by molar-refractivity contribution is -0.120. The smallest absolute Gasteiger partial charge is 0.322 e. The van der Waals surface area contributed by atoms with Crippen LogP contribution in [-0.4, -0.2) is 53.2 Å². The quantitative estimate of drug-likeness (QED) is 0.866. The van der Waals surface area contributed by atoms with E-state index in [1.807, 2.05) is 0 Å². The second-order valence-corrected chi connectivity index (χ2v) is 5.67. The average Bonchev–Trinajstić information content (AvgIpc) is 3.10. The van der Waals surface area contributed by atoms with Crippen molar-refractivity contribution in [3.63, 3.8) is 0 Å². The van der Waals surface area contributed by atoms with Gasteiger partial charge in [-0.05, 0) is 12.1 Å². The number of aromatic nitrogens is 2. The Balaban J connectivity index is 1.39. The number of benzene rings is 1. The number of nitrogens with one attached hydrogen (secondary N) is 1. The van der Waals surface area contributed by atoms with Crippen LogP contribution in [0.3, 0.4) is 0 Å². The molecule has 0 saturated carbocycles. The topological polar surface area (TPSA) is 96.9 Å². The number of hydrogen-bond acceptors (Lipinski definition) is 6. The summed E-state index contributed by atoms with van der Waals surface area (Å²) in [6.45, 7) is 0.535. The van der Waals surface area contributed by atoms with E-state index in [0.717, 1.165) is 12.4 Å². The molecule has 1 aromatic carbocycles. The number of halogens is 1. The van der Waals surface area contributed by atoms with E-state index in [1.54, 1.807) is 18.2 Å². The van der Waals surface area contributed by atoms with Crippen LogP contribution in [0.2, 0.25) is 0 Å². The van der Waals surface area contributed by atoms with Crippen molar-refractivity contribution in [1.82, 2.24) is 14.9 Å². The third-order valence-electron chi connectivity index (χ3n) is 3.98. The summed E-state index contributed by atoms with van der Waals surface area (Å²) in [5.74, 6) is 0.363. The van der Waals surface area contributed by atoms with E-state index in [9.17, 15) is 14.0 Å². The monoisotopic (exact) mass is 359 g/mol. The molecule has 4 rings (SSSR count). The number of hydrogen-bond donors (Lipinski definition) is 1. The zero-order valence-electron chi connectivity index (χ0n) is 13.5. The summed E-state index contributed by atoms with van der Waals surface area (Å²) in [4.78, 5) is 35.0. The number of piperazine rings is 1. The molecule has 10 heteroatoms. The molecule has 0 bridgehead atoms. The molecule has 1 saturated heterocycles. The SMILES string of the molecule is O=C(Nc1ccc2c(c1)OCO2)N1CCN(c2ncc(F)cn2)C(=O)C1. The molecule has 0 radical (unpaired) electrons. The molecule has 1 aromatic heterocycles. The van der Waals surface area contributed by atoms with Gasteiger partial charge in [0.2, 0.25) is 18.6 Å². The van der Waals surface area contributed by atoms with Gasteiger partial charge in [0.25, 0.3) is 0 Å². The van der Waals surface area contributed by atoms with Gasteiger partial charge in [-0.15, -0.1) is 0 Å². The Hall–Kier alpha value is -3.43. The van der Waals surface area contributed by atoms with Crippen LogP contribution in [-0.2, 0) is 4.79 Å². The van der Waals surface area contributed by atoms with Crippen molar-refractivity contribution >= 4 is 23.6 Å². The van der Waals surface area contributed by atoms with Crippen molar-refractivity contribution in [2.45, 2.75) is 0 Å². The molecule has 134 valence electrons. The summed E-state index contributed by atoms with van der Waals surface area (Å²) >= 11 is 0. The summed E-state index contributed by atoms with van der Waals surface area (Å²) in [7, 11) is 0. The summed E-state index contributed by atoms with van der Waals surface area (Å²) < 4.78 is 23.4. The van der Waals surface area contributed by atoms with Crippen molar-refractivity contribution in [3.05, 3.63) is 36.4 Å². The first-order valence-corrected chi connectivity index (χ1v) is 7.83. The maximum Gasteiger partial charge on any atom is 0.322 e. The Kier molecular flexibility index (Phi) is 3.99. The number of urea groups is 1. The second kappa shape index (κ2) is 6.47. The van der Waals surface area contributed by atoms with Crippen LogP contribution in [0.5, 0.6) is 11.5 Å². The maximum absolute atomic E-state index is 12.9. The van der Waals surface area contributed by atoms with Gasteiger partial charge >= 0.3 is 6.03 Å². The van der Waals surface area contributed by atoms with E-state index in [-0.39, 0.29) is 31.7 Å². The van der Waals surface area contributed by atoms with Gasteiger partial charge in [0.15, 0.2) is 17.3 Å². The standard InChI is InChI=1S/C16H14FN5O4/c17-10-6-18-15(19-7-10)22-4-3-21(8-14(22)23)16(24)20-11-1-2-12-13(5-11)26-9-25-12/h1-2,5-7H,3-4,8-9H2,(H,20,24). The van der Waals surface area contributed by atoms with Crippen LogP contribution in [0.1, 0.15) is 0 Å². The molecule has 2 aliphatic rings. The molecular formula is C16H14FN5O4. The Morgan fingerprint density at radius 3 is 2.69 bits per heavy atom. The van der Waals surface area contributed by atoms with Gasteiger partial charge in [-0.25, -0.2) is 19.2 Å². The van der Waals surface area contributed by atoms with Gasteiger partial charge in [-0.2, -0.15) is 0 Å². The first-order chi connectivity index (χ1) is 12.6. The largest absolute Gasteiger partial charge is 0.454 e. The third kappa shape index (κ3) is 3.08. The van der Waals surface area contributed by atoms with E-state index in [4.69, 9.17) is 9.47 Å². The van der Waals surface area contributed by atoms with Gasteiger partial charge in [-0.1, -0.05) is 0 Å². The highest BCUT2D eigenvalue weighted by Crippen LogP contribution is 2.34. The first kappa shape index (κ1) is 16.1. The van der Waals surface area contributed by atoms with E-state index in [2.05, 4.69) is 15.3 Å². The van der Waals surface area contributed by atoms with Crippen molar-refractivity contribution in [1.29, 1.82) is 0 Å². The van der Waals surface area contributed by atoms with Crippen LogP contribution in [0.25, 0.3) is 0 Å². The number of anilines is 2. The molecule has 9 nitrogen and oxygen atoms in total. The molecule has 0 spiro atoms. The minimum Gasteiger partial charge on any atom is -0.454 e.